The summed E-state index contributed by atoms with van der Waals surface area (Å²) in [5.74, 6) is -0.863. The smallest absolute Gasteiger partial charge is 0.338 e. The Kier molecular flexibility index (Phi) is 4.15. The van der Waals surface area contributed by atoms with E-state index in [9.17, 15) is 14.4 Å². The summed E-state index contributed by atoms with van der Waals surface area (Å²) in [6.07, 6.45) is 1.73. The maximum absolute atomic E-state index is 12.9. The molecule has 2 aliphatic carbocycles. The number of hydrogen-bond donors (Lipinski definition) is 1. The van der Waals surface area contributed by atoms with Crippen molar-refractivity contribution < 1.29 is 23.9 Å². The van der Waals surface area contributed by atoms with Crippen molar-refractivity contribution in [2.75, 3.05) is 12.4 Å². The fourth-order valence-electron chi connectivity index (χ4n) is 5.34. The second kappa shape index (κ2) is 6.72. The predicted molar refractivity (Wildman–Crippen MR) is 105 cm³/mol. The SMILES string of the molecule is COC(=O)c1ccccc1-c1ccc(NC(=O)[C@@H]2[C@@H]3C[C@@H]4[C@@H]2C(=O)O[C@H]4C3)cc1. The summed E-state index contributed by atoms with van der Waals surface area (Å²) in [4.78, 5) is 37.0. The van der Waals surface area contributed by atoms with Crippen LogP contribution in [0.1, 0.15) is 23.2 Å². The number of esters is 2. The molecule has 1 amide bonds. The number of anilines is 1. The van der Waals surface area contributed by atoms with Gasteiger partial charge in [-0.2, -0.15) is 0 Å². The number of methoxy groups -OCH3 is 1. The number of carbonyl (C=O) groups is 3. The lowest BCUT2D eigenvalue weighted by molar-refractivity contribution is -0.145. The minimum atomic E-state index is -0.393. The van der Waals surface area contributed by atoms with E-state index in [0.717, 1.165) is 24.0 Å². The van der Waals surface area contributed by atoms with Gasteiger partial charge < -0.3 is 14.8 Å². The Morgan fingerprint density at radius 1 is 1.07 bits per heavy atom. The van der Waals surface area contributed by atoms with E-state index in [1.54, 1.807) is 12.1 Å². The quantitative estimate of drug-likeness (QED) is 0.809. The molecule has 29 heavy (non-hydrogen) atoms. The number of ether oxygens (including phenoxy) is 2. The Morgan fingerprint density at radius 2 is 1.83 bits per heavy atom. The molecule has 3 aliphatic rings. The maximum atomic E-state index is 12.9. The summed E-state index contributed by atoms with van der Waals surface area (Å²) in [7, 11) is 1.36. The van der Waals surface area contributed by atoms with E-state index in [1.165, 1.54) is 7.11 Å². The van der Waals surface area contributed by atoms with Crippen molar-refractivity contribution in [2.24, 2.45) is 23.7 Å². The third-order valence-electron chi connectivity index (χ3n) is 6.58. The number of benzene rings is 2. The van der Waals surface area contributed by atoms with Gasteiger partial charge in [-0.15, -0.1) is 0 Å². The summed E-state index contributed by atoms with van der Waals surface area (Å²) >= 11 is 0. The topological polar surface area (TPSA) is 81.7 Å². The summed E-state index contributed by atoms with van der Waals surface area (Å²) < 4.78 is 10.3. The van der Waals surface area contributed by atoms with E-state index >= 15 is 0 Å². The molecule has 1 heterocycles. The Bertz CT molecular complexity index is 997. The molecule has 1 saturated heterocycles. The van der Waals surface area contributed by atoms with Gasteiger partial charge in [0.15, 0.2) is 0 Å². The number of fused-ring (bicyclic) bond motifs is 1. The lowest BCUT2D eigenvalue weighted by Crippen LogP contribution is -2.35. The van der Waals surface area contributed by atoms with Crippen LogP contribution >= 0.6 is 0 Å². The Morgan fingerprint density at radius 3 is 2.59 bits per heavy atom. The Balaban J connectivity index is 1.34. The highest BCUT2D eigenvalue weighted by atomic mass is 16.6. The molecule has 2 aromatic rings. The molecule has 0 radical (unpaired) electrons. The molecule has 6 heteroatoms. The molecule has 1 N–H and O–H groups in total. The monoisotopic (exact) mass is 391 g/mol. The van der Waals surface area contributed by atoms with Crippen molar-refractivity contribution in [3.05, 3.63) is 54.1 Å². The van der Waals surface area contributed by atoms with Gasteiger partial charge in [-0.3, -0.25) is 9.59 Å². The van der Waals surface area contributed by atoms with E-state index in [1.807, 2.05) is 36.4 Å². The number of rotatable bonds is 4. The first-order chi connectivity index (χ1) is 14.1. The molecular weight excluding hydrogens is 370 g/mol. The fraction of sp³-hybridized carbons (Fsp3) is 0.348. The van der Waals surface area contributed by atoms with Gasteiger partial charge in [0.2, 0.25) is 5.91 Å². The minimum Gasteiger partial charge on any atom is -0.465 e. The predicted octanol–water partition coefficient (Wildman–Crippen LogP) is 3.28. The summed E-state index contributed by atoms with van der Waals surface area (Å²) in [6.45, 7) is 0. The normalized spacial score (nSPS) is 28.9. The molecule has 0 unspecified atom stereocenters. The third-order valence-corrected chi connectivity index (χ3v) is 6.58. The van der Waals surface area contributed by atoms with Crippen molar-refractivity contribution in [3.8, 4) is 11.1 Å². The summed E-state index contributed by atoms with van der Waals surface area (Å²) in [5, 5.41) is 2.96. The van der Waals surface area contributed by atoms with Gasteiger partial charge in [-0.05, 0) is 48.1 Å². The summed E-state index contributed by atoms with van der Waals surface area (Å²) in [6, 6.07) is 14.6. The molecule has 3 fully saturated rings. The molecule has 2 bridgehead atoms. The van der Waals surface area contributed by atoms with Crippen molar-refractivity contribution in [2.45, 2.75) is 18.9 Å². The molecule has 2 aromatic carbocycles. The van der Waals surface area contributed by atoms with E-state index in [4.69, 9.17) is 9.47 Å². The number of hydrogen-bond acceptors (Lipinski definition) is 5. The first-order valence-corrected chi connectivity index (χ1v) is 9.86. The van der Waals surface area contributed by atoms with Crippen LogP contribution in [-0.4, -0.2) is 31.1 Å². The Hall–Kier alpha value is -3.15. The molecule has 0 spiro atoms. The lowest BCUT2D eigenvalue weighted by atomic mass is 9.79. The van der Waals surface area contributed by atoms with E-state index in [0.29, 0.717) is 11.3 Å². The highest BCUT2D eigenvalue weighted by Crippen LogP contribution is 2.57. The molecule has 2 saturated carbocycles. The summed E-state index contributed by atoms with van der Waals surface area (Å²) in [5.41, 5.74) is 2.78. The molecular formula is C23H21NO5. The minimum absolute atomic E-state index is 0.0238. The number of nitrogens with one attached hydrogen (secondary N) is 1. The van der Waals surface area contributed by atoms with E-state index in [-0.39, 0.29) is 41.7 Å². The molecule has 5 atom stereocenters. The van der Waals surface area contributed by atoms with Crippen LogP contribution in [0.3, 0.4) is 0 Å². The van der Waals surface area contributed by atoms with E-state index in [2.05, 4.69) is 5.32 Å². The van der Waals surface area contributed by atoms with Crippen molar-refractivity contribution in [1.29, 1.82) is 0 Å². The highest BCUT2D eigenvalue weighted by Gasteiger charge is 2.63. The van der Waals surface area contributed by atoms with Gasteiger partial charge in [0.05, 0.1) is 24.5 Å². The van der Waals surface area contributed by atoms with Gasteiger partial charge in [0, 0.05) is 11.6 Å². The van der Waals surface area contributed by atoms with E-state index < -0.39 is 5.97 Å². The van der Waals surface area contributed by atoms with Crippen LogP contribution in [-0.2, 0) is 19.1 Å². The van der Waals surface area contributed by atoms with Gasteiger partial charge in [-0.25, -0.2) is 4.79 Å². The van der Waals surface area contributed by atoms with Crippen LogP contribution in [0.2, 0.25) is 0 Å². The van der Waals surface area contributed by atoms with Gasteiger partial charge in [0.1, 0.15) is 6.10 Å². The van der Waals surface area contributed by atoms with Crippen molar-refractivity contribution in [3.63, 3.8) is 0 Å². The first kappa shape index (κ1) is 17.9. The van der Waals surface area contributed by atoms with Crippen LogP contribution in [0.25, 0.3) is 11.1 Å². The van der Waals surface area contributed by atoms with Crippen molar-refractivity contribution >= 4 is 23.5 Å². The van der Waals surface area contributed by atoms with Gasteiger partial charge in [-0.1, -0.05) is 30.3 Å². The lowest BCUT2D eigenvalue weighted by Gasteiger charge is -2.23. The van der Waals surface area contributed by atoms with Crippen LogP contribution in [0.4, 0.5) is 5.69 Å². The average molecular weight is 391 g/mol. The zero-order chi connectivity index (χ0) is 20.1. The first-order valence-electron chi connectivity index (χ1n) is 9.86. The highest BCUT2D eigenvalue weighted by molar-refractivity contribution is 5.98. The molecule has 6 nitrogen and oxygen atoms in total. The molecule has 5 rings (SSSR count). The molecule has 0 aromatic heterocycles. The number of amides is 1. The second-order valence-electron chi connectivity index (χ2n) is 8.03. The van der Waals surface area contributed by atoms with Crippen LogP contribution < -0.4 is 5.32 Å². The molecule has 148 valence electrons. The maximum Gasteiger partial charge on any atom is 0.338 e. The van der Waals surface area contributed by atoms with Crippen molar-refractivity contribution in [1.82, 2.24) is 0 Å². The number of carbonyl (C=O) groups excluding carboxylic acids is 3. The Labute approximate surface area is 168 Å². The average Bonchev–Trinajstić information content (AvgIpc) is 3.36. The zero-order valence-corrected chi connectivity index (χ0v) is 16.0. The van der Waals surface area contributed by atoms with Crippen LogP contribution in [0, 0.1) is 23.7 Å². The van der Waals surface area contributed by atoms with Crippen LogP contribution in [0.5, 0.6) is 0 Å². The van der Waals surface area contributed by atoms with Crippen LogP contribution in [0.15, 0.2) is 48.5 Å². The third kappa shape index (κ3) is 2.82. The second-order valence-corrected chi connectivity index (χ2v) is 8.03. The zero-order valence-electron chi connectivity index (χ0n) is 16.0. The van der Waals surface area contributed by atoms with Gasteiger partial charge in [0.25, 0.3) is 0 Å². The molecule has 1 aliphatic heterocycles. The fourth-order valence-corrected chi connectivity index (χ4v) is 5.34. The van der Waals surface area contributed by atoms with Gasteiger partial charge >= 0.3 is 11.9 Å². The largest absolute Gasteiger partial charge is 0.465 e. The standard InChI is InChI=1S/C23H21NO5/c1-28-22(26)16-5-3-2-4-15(16)12-6-8-14(9-7-12)24-21(25)19-13-10-17-18(11-13)29-23(27)20(17)19/h2-9,13,17-20H,10-11H2,1H3,(H,24,25)/t13-,17+,18+,19-,20+/m1/s1.